The SMILES string of the molecule is CC1(C)OCCC1NC(=O)[C@@H]1CC[C@H](C(=O)NC2CCOC2(C)C)C1. The summed E-state index contributed by atoms with van der Waals surface area (Å²) in [5.41, 5.74) is -0.613. The highest BCUT2D eigenvalue weighted by molar-refractivity contribution is 5.83. The first-order valence-electron chi connectivity index (χ1n) is 9.58. The summed E-state index contributed by atoms with van der Waals surface area (Å²) in [7, 11) is 0. The first-order chi connectivity index (χ1) is 11.7. The van der Waals surface area contributed by atoms with E-state index >= 15 is 0 Å². The Morgan fingerprint density at radius 2 is 1.16 bits per heavy atom. The first-order valence-corrected chi connectivity index (χ1v) is 9.58. The summed E-state index contributed by atoms with van der Waals surface area (Å²) in [6.07, 6.45) is 3.91. The lowest BCUT2D eigenvalue weighted by atomic mass is 9.96. The third-order valence-corrected chi connectivity index (χ3v) is 6.25. The molecule has 0 aromatic heterocycles. The number of rotatable bonds is 4. The van der Waals surface area contributed by atoms with Gasteiger partial charge in [-0.2, -0.15) is 0 Å². The van der Waals surface area contributed by atoms with E-state index in [1.807, 2.05) is 27.7 Å². The van der Waals surface area contributed by atoms with Crippen LogP contribution in [0, 0.1) is 11.8 Å². The van der Waals surface area contributed by atoms with Crippen LogP contribution in [0.3, 0.4) is 0 Å². The van der Waals surface area contributed by atoms with Gasteiger partial charge in [0.1, 0.15) is 0 Å². The van der Waals surface area contributed by atoms with Gasteiger partial charge < -0.3 is 20.1 Å². The molecule has 3 fully saturated rings. The number of hydrogen-bond donors (Lipinski definition) is 2. The van der Waals surface area contributed by atoms with Crippen molar-refractivity contribution in [3.63, 3.8) is 0 Å². The molecule has 1 saturated carbocycles. The van der Waals surface area contributed by atoms with Gasteiger partial charge in [-0.1, -0.05) is 0 Å². The fraction of sp³-hybridized carbons (Fsp3) is 0.895. The van der Waals surface area contributed by atoms with E-state index < -0.39 is 0 Å². The molecule has 4 atom stereocenters. The van der Waals surface area contributed by atoms with Crippen molar-refractivity contribution in [1.29, 1.82) is 0 Å². The van der Waals surface area contributed by atoms with Crippen molar-refractivity contribution in [1.82, 2.24) is 10.6 Å². The maximum absolute atomic E-state index is 12.6. The number of ether oxygens (including phenoxy) is 2. The maximum atomic E-state index is 12.6. The second-order valence-electron chi connectivity index (χ2n) is 8.81. The van der Waals surface area contributed by atoms with Crippen LogP contribution in [0.15, 0.2) is 0 Å². The van der Waals surface area contributed by atoms with E-state index in [2.05, 4.69) is 10.6 Å². The highest BCUT2D eigenvalue weighted by atomic mass is 16.5. The molecule has 0 aromatic rings. The van der Waals surface area contributed by atoms with Gasteiger partial charge in [0.05, 0.1) is 23.3 Å². The topological polar surface area (TPSA) is 76.7 Å². The van der Waals surface area contributed by atoms with Gasteiger partial charge >= 0.3 is 0 Å². The van der Waals surface area contributed by atoms with E-state index in [9.17, 15) is 9.59 Å². The van der Waals surface area contributed by atoms with Gasteiger partial charge in [-0.3, -0.25) is 9.59 Å². The van der Waals surface area contributed by atoms with Gasteiger partial charge in [-0.25, -0.2) is 0 Å². The molecular formula is C19H32N2O4. The summed E-state index contributed by atoms with van der Waals surface area (Å²) in [5, 5.41) is 6.28. The third kappa shape index (κ3) is 4.00. The predicted molar refractivity (Wildman–Crippen MR) is 94.0 cm³/mol. The molecule has 2 amide bonds. The zero-order valence-corrected chi connectivity index (χ0v) is 15.9. The van der Waals surface area contributed by atoms with Crippen molar-refractivity contribution in [2.75, 3.05) is 13.2 Å². The van der Waals surface area contributed by atoms with Crippen LogP contribution in [-0.2, 0) is 19.1 Å². The zero-order chi connectivity index (χ0) is 18.2. The number of amides is 2. The number of nitrogens with one attached hydrogen (secondary N) is 2. The lowest BCUT2D eigenvalue weighted by molar-refractivity contribution is -0.128. The normalized spacial score (nSPS) is 36.3. The lowest BCUT2D eigenvalue weighted by Crippen LogP contribution is -2.48. The van der Waals surface area contributed by atoms with Crippen LogP contribution < -0.4 is 10.6 Å². The molecule has 25 heavy (non-hydrogen) atoms. The Morgan fingerprint density at radius 3 is 1.48 bits per heavy atom. The zero-order valence-electron chi connectivity index (χ0n) is 15.9. The molecule has 1 aliphatic carbocycles. The quantitative estimate of drug-likeness (QED) is 0.808. The van der Waals surface area contributed by atoms with Crippen molar-refractivity contribution >= 4 is 11.8 Å². The van der Waals surface area contributed by atoms with E-state index in [-0.39, 0.29) is 46.9 Å². The van der Waals surface area contributed by atoms with Crippen LogP contribution in [0.2, 0.25) is 0 Å². The van der Waals surface area contributed by atoms with Gasteiger partial charge in [0, 0.05) is 25.0 Å². The summed E-state index contributed by atoms with van der Waals surface area (Å²) in [4.78, 5) is 25.2. The maximum Gasteiger partial charge on any atom is 0.223 e. The minimum atomic E-state index is -0.306. The first kappa shape index (κ1) is 18.6. The minimum Gasteiger partial charge on any atom is -0.373 e. The van der Waals surface area contributed by atoms with E-state index in [0.717, 1.165) is 25.7 Å². The highest BCUT2D eigenvalue weighted by Gasteiger charge is 2.42. The Balaban J connectivity index is 1.49. The number of hydrogen-bond acceptors (Lipinski definition) is 4. The summed E-state index contributed by atoms with van der Waals surface area (Å²) in [6.45, 7) is 9.44. The largest absolute Gasteiger partial charge is 0.373 e. The molecule has 3 rings (SSSR count). The van der Waals surface area contributed by atoms with Gasteiger partial charge in [0.2, 0.25) is 11.8 Å². The fourth-order valence-electron chi connectivity index (χ4n) is 4.30. The Labute approximate surface area is 150 Å². The number of carbonyl (C=O) groups excluding carboxylic acids is 2. The van der Waals surface area contributed by atoms with Crippen LogP contribution >= 0.6 is 0 Å². The molecule has 0 bridgehead atoms. The van der Waals surface area contributed by atoms with Crippen LogP contribution in [-0.4, -0.2) is 48.3 Å². The summed E-state index contributed by atoms with van der Waals surface area (Å²) in [6, 6.07) is 0.119. The van der Waals surface area contributed by atoms with Crippen molar-refractivity contribution in [2.24, 2.45) is 11.8 Å². The number of carbonyl (C=O) groups is 2. The van der Waals surface area contributed by atoms with E-state index in [4.69, 9.17) is 9.47 Å². The summed E-state index contributed by atoms with van der Waals surface area (Å²) < 4.78 is 11.4. The Hall–Kier alpha value is -1.14. The van der Waals surface area contributed by atoms with Gasteiger partial charge in [-0.05, 0) is 59.8 Å². The molecule has 0 spiro atoms. The van der Waals surface area contributed by atoms with E-state index in [1.54, 1.807) is 0 Å². The Bertz CT molecular complexity index is 486. The second-order valence-corrected chi connectivity index (χ2v) is 8.81. The molecule has 3 aliphatic rings. The van der Waals surface area contributed by atoms with Crippen molar-refractivity contribution < 1.29 is 19.1 Å². The summed E-state index contributed by atoms with van der Waals surface area (Å²) in [5.74, 6) is 0.00628. The molecular weight excluding hydrogens is 320 g/mol. The summed E-state index contributed by atoms with van der Waals surface area (Å²) >= 11 is 0. The Kier molecular flexibility index (Phi) is 5.13. The third-order valence-electron chi connectivity index (χ3n) is 6.25. The lowest BCUT2D eigenvalue weighted by Gasteiger charge is -2.28. The van der Waals surface area contributed by atoms with E-state index in [1.165, 1.54) is 0 Å². The minimum absolute atomic E-state index is 0.0595. The van der Waals surface area contributed by atoms with Crippen LogP contribution in [0.1, 0.15) is 59.8 Å². The molecule has 0 radical (unpaired) electrons. The molecule has 6 nitrogen and oxygen atoms in total. The van der Waals surface area contributed by atoms with Crippen LogP contribution in [0.25, 0.3) is 0 Å². The standard InChI is InChI=1S/C19H32N2O4/c1-18(2)14(7-9-24-18)20-16(22)12-5-6-13(11-12)17(23)21-15-8-10-25-19(15,3)4/h12-15H,5-11H2,1-4H3,(H,20,22)(H,21,23)/t12-,13+,14?,15?. The van der Waals surface area contributed by atoms with Crippen molar-refractivity contribution in [3.05, 3.63) is 0 Å². The molecule has 2 heterocycles. The Morgan fingerprint density at radius 1 is 0.760 bits per heavy atom. The van der Waals surface area contributed by atoms with Crippen LogP contribution in [0.4, 0.5) is 0 Å². The molecule has 2 aliphatic heterocycles. The monoisotopic (exact) mass is 352 g/mol. The molecule has 2 saturated heterocycles. The van der Waals surface area contributed by atoms with Gasteiger partial charge in [0.15, 0.2) is 0 Å². The molecule has 2 N–H and O–H groups in total. The molecule has 2 unspecified atom stereocenters. The molecule has 0 aromatic carbocycles. The van der Waals surface area contributed by atoms with Gasteiger partial charge in [0.25, 0.3) is 0 Å². The van der Waals surface area contributed by atoms with Crippen molar-refractivity contribution in [2.45, 2.75) is 83.1 Å². The average Bonchev–Trinajstić information content (AvgIpc) is 3.20. The smallest absolute Gasteiger partial charge is 0.223 e. The molecule has 6 heteroatoms. The van der Waals surface area contributed by atoms with Crippen molar-refractivity contribution in [3.8, 4) is 0 Å². The predicted octanol–water partition coefficient (Wildman–Crippen LogP) is 1.77. The van der Waals surface area contributed by atoms with Crippen LogP contribution in [0.5, 0.6) is 0 Å². The highest BCUT2D eigenvalue weighted by Crippen LogP contribution is 2.33. The van der Waals surface area contributed by atoms with Gasteiger partial charge in [-0.15, -0.1) is 0 Å². The average molecular weight is 352 g/mol. The second kappa shape index (κ2) is 6.88. The van der Waals surface area contributed by atoms with E-state index in [0.29, 0.717) is 19.6 Å². The fourth-order valence-corrected chi connectivity index (χ4v) is 4.30. The molecule has 142 valence electrons.